The molecule has 4 aromatic rings. The normalized spacial score (nSPS) is 12.1. The Kier molecular flexibility index (Phi) is 4.33. The summed E-state index contributed by atoms with van der Waals surface area (Å²) >= 11 is 0. The second-order valence-electron chi connectivity index (χ2n) is 6.27. The van der Waals surface area contributed by atoms with E-state index in [9.17, 15) is 4.79 Å². The van der Waals surface area contributed by atoms with Crippen molar-refractivity contribution in [3.05, 3.63) is 78.6 Å². The van der Waals surface area contributed by atoms with Gasteiger partial charge in [-0.2, -0.15) is 5.10 Å². The maximum atomic E-state index is 12.9. The number of amides is 1. The van der Waals surface area contributed by atoms with E-state index in [-0.39, 0.29) is 11.9 Å². The molecule has 0 spiro atoms. The van der Waals surface area contributed by atoms with Crippen LogP contribution in [0, 0.1) is 0 Å². The van der Waals surface area contributed by atoms with Crippen molar-refractivity contribution in [3.8, 4) is 5.69 Å². The molecule has 2 heterocycles. The lowest BCUT2D eigenvalue weighted by Gasteiger charge is -2.25. The van der Waals surface area contributed by atoms with Crippen molar-refractivity contribution in [3.63, 3.8) is 0 Å². The van der Waals surface area contributed by atoms with Gasteiger partial charge in [0.25, 0.3) is 5.91 Å². The van der Waals surface area contributed by atoms with E-state index in [1.807, 2.05) is 55.5 Å². The molecule has 1 atom stereocenters. The van der Waals surface area contributed by atoms with Gasteiger partial charge >= 0.3 is 0 Å². The Morgan fingerprint density at radius 1 is 1.07 bits per heavy atom. The van der Waals surface area contributed by atoms with E-state index in [1.54, 1.807) is 23.0 Å². The Morgan fingerprint density at radius 3 is 2.52 bits per heavy atom. The van der Waals surface area contributed by atoms with Crippen LogP contribution in [0.15, 0.2) is 67.4 Å². The van der Waals surface area contributed by atoms with E-state index >= 15 is 0 Å². The van der Waals surface area contributed by atoms with Gasteiger partial charge in [-0.3, -0.25) is 9.78 Å². The zero-order valence-electron chi connectivity index (χ0n) is 15.0. The molecule has 27 heavy (non-hydrogen) atoms. The van der Waals surface area contributed by atoms with Crippen LogP contribution in [0.3, 0.4) is 0 Å². The van der Waals surface area contributed by atoms with Crippen molar-refractivity contribution >= 4 is 16.9 Å². The molecule has 0 aliphatic carbocycles. The van der Waals surface area contributed by atoms with Gasteiger partial charge in [0.1, 0.15) is 18.3 Å². The molecule has 2 aromatic carbocycles. The molecule has 7 heteroatoms. The Morgan fingerprint density at radius 2 is 1.81 bits per heavy atom. The second kappa shape index (κ2) is 6.95. The van der Waals surface area contributed by atoms with Gasteiger partial charge in [-0.25, -0.2) is 14.6 Å². The summed E-state index contributed by atoms with van der Waals surface area (Å²) in [6.07, 6.45) is 4.67. The van der Waals surface area contributed by atoms with Crippen LogP contribution < -0.4 is 0 Å². The Hall–Kier alpha value is -3.61. The zero-order chi connectivity index (χ0) is 18.8. The number of carbonyl (C=O) groups excluding carboxylic acids is 1. The maximum absolute atomic E-state index is 12.9. The van der Waals surface area contributed by atoms with Gasteiger partial charge in [0, 0.05) is 7.05 Å². The summed E-state index contributed by atoms with van der Waals surface area (Å²) < 4.78 is 1.69. The SMILES string of the molecule is C[C@H](c1ccc(-n2cncn2)cc1)N(C)C(=O)c1cnc2ccccc2n1. The molecule has 2 aromatic heterocycles. The molecule has 0 aliphatic rings. The topological polar surface area (TPSA) is 76.8 Å². The predicted octanol–water partition coefficient (Wildman–Crippen LogP) is 3.04. The first-order chi connectivity index (χ1) is 13.1. The number of fused-ring (bicyclic) bond motifs is 1. The summed E-state index contributed by atoms with van der Waals surface area (Å²) in [6.45, 7) is 1.98. The van der Waals surface area contributed by atoms with E-state index in [0.29, 0.717) is 11.2 Å². The van der Waals surface area contributed by atoms with E-state index in [0.717, 1.165) is 16.8 Å². The highest BCUT2D eigenvalue weighted by Gasteiger charge is 2.20. The van der Waals surface area contributed by atoms with Gasteiger partial charge in [0.15, 0.2) is 0 Å². The molecule has 7 nitrogen and oxygen atoms in total. The van der Waals surface area contributed by atoms with Gasteiger partial charge in [-0.1, -0.05) is 24.3 Å². The van der Waals surface area contributed by atoms with Crippen molar-refractivity contribution in [2.45, 2.75) is 13.0 Å². The fraction of sp³-hybridized carbons (Fsp3) is 0.150. The highest BCUT2D eigenvalue weighted by atomic mass is 16.2. The van der Waals surface area contributed by atoms with Crippen molar-refractivity contribution in [1.82, 2.24) is 29.6 Å². The van der Waals surface area contributed by atoms with Gasteiger partial charge in [-0.15, -0.1) is 0 Å². The first-order valence-electron chi connectivity index (χ1n) is 8.57. The van der Waals surface area contributed by atoms with Crippen LogP contribution in [0.25, 0.3) is 16.7 Å². The highest BCUT2D eigenvalue weighted by molar-refractivity contribution is 5.93. The number of para-hydroxylation sites is 2. The van der Waals surface area contributed by atoms with Gasteiger partial charge < -0.3 is 4.90 Å². The molecule has 4 rings (SSSR count). The van der Waals surface area contributed by atoms with Crippen molar-refractivity contribution in [1.29, 1.82) is 0 Å². The molecule has 0 saturated heterocycles. The van der Waals surface area contributed by atoms with Gasteiger partial charge in [-0.05, 0) is 36.8 Å². The third-order valence-corrected chi connectivity index (χ3v) is 4.63. The third-order valence-electron chi connectivity index (χ3n) is 4.63. The number of hydrogen-bond acceptors (Lipinski definition) is 5. The maximum Gasteiger partial charge on any atom is 0.274 e. The first-order valence-corrected chi connectivity index (χ1v) is 8.57. The molecular weight excluding hydrogens is 340 g/mol. The lowest BCUT2D eigenvalue weighted by molar-refractivity contribution is 0.0736. The van der Waals surface area contributed by atoms with Crippen LogP contribution in [-0.4, -0.2) is 42.6 Å². The second-order valence-corrected chi connectivity index (χ2v) is 6.27. The average molecular weight is 358 g/mol. The molecule has 0 radical (unpaired) electrons. The van der Waals surface area contributed by atoms with E-state index < -0.39 is 0 Å². The Bertz CT molecular complexity index is 1080. The lowest BCUT2D eigenvalue weighted by Crippen LogP contribution is -2.30. The number of carbonyl (C=O) groups is 1. The molecule has 0 saturated carbocycles. The number of hydrogen-bond donors (Lipinski definition) is 0. The summed E-state index contributed by atoms with van der Waals surface area (Å²) in [7, 11) is 1.77. The summed E-state index contributed by atoms with van der Waals surface area (Å²) in [5.74, 6) is -0.166. The average Bonchev–Trinajstić information content (AvgIpc) is 3.27. The first kappa shape index (κ1) is 16.8. The van der Waals surface area contributed by atoms with E-state index in [2.05, 4.69) is 20.1 Å². The molecule has 0 bridgehead atoms. The highest BCUT2D eigenvalue weighted by Crippen LogP contribution is 2.22. The third kappa shape index (κ3) is 3.27. The van der Waals surface area contributed by atoms with Crippen molar-refractivity contribution < 1.29 is 4.79 Å². The van der Waals surface area contributed by atoms with Crippen molar-refractivity contribution in [2.75, 3.05) is 7.05 Å². The lowest BCUT2D eigenvalue weighted by atomic mass is 10.1. The number of aromatic nitrogens is 5. The minimum Gasteiger partial charge on any atom is -0.334 e. The summed E-state index contributed by atoms with van der Waals surface area (Å²) in [5, 5.41) is 4.11. The van der Waals surface area contributed by atoms with Crippen LogP contribution in [0.1, 0.15) is 29.0 Å². The summed E-state index contributed by atoms with van der Waals surface area (Å²) in [4.78, 5) is 27.3. The van der Waals surface area contributed by atoms with Gasteiger partial charge in [0.05, 0.1) is 29.0 Å². The quantitative estimate of drug-likeness (QED) is 0.560. The van der Waals surface area contributed by atoms with Crippen LogP contribution >= 0.6 is 0 Å². The molecule has 0 N–H and O–H groups in total. The fourth-order valence-corrected chi connectivity index (χ4v) is 2.89. The predicted molar refractivity (Wildman–Crippen MR) is 101 cm³/mol. The monoisotopic (exact) mass is 358 g/mol. The standard InChI is InChI=1S/C20H18N6O/c1-14(15-7-9-16(10-8-15)26-13-21-12-23-26)25(2)20(27)19-11-22-17-5-3-4-6-18(17)24-19/h3-14H,1-2H3/t14-/m1/s1. The van der Waals surface area contributed by atoms with Crippen LogP contribution in [-0.2, 0) is 0 Å². The number of benzene rings is 2. The van der Waals surface area contributed by atoms with Crippen LogP contribution in [0.5, 0.6) is 0 Å². The summed E-state index contributed by atoms with van der Waals surface area (Å²) in [6, 6.07) is 15.3. The Balaban J connectivity index is 1.55. The van der Waals surface area contributed by atoms with Crippen LogP contribution in [0.4, 0.5) is 0 Å². The molecular formula is C20H18N6O. The molecule has 1 amide bonds. The fourth-order valence-electron chi connectivity index (χ4n) is 2.89. The van der Waals surface area contributed by atoms with E-state index in [4.69, 9.17) is 0 Å². The minimum absolute atomic E-state index is 0.115. The van der Waals surface area contributed by atoms with Gasteiger partial charge in [0.2, 0.25) is 0 Å². The Labute approximate surface area is 156 Å². The summed E-state index contributed by atoms with van der Waals surface area (Å²) in [5.41, 5.74) is 3.75. The largest absolute Gasteiger partial charge is 0.334 e. The molecule has 0 aliphatic heterocycles. The molecule has 0 fully saturated rings. The van der Waals surface area contributed by atoms with E-state index in [1.165, 1.54) is 12.5 Å². The number of nitrogens with zero attached hydrogens (tertiary/aromatic N) is 6. The molecule has 0 unspecified atom stereocenters. The minimum atomic E-state index is -0.166. The van der Waals surface area contributed by atoms with Crippen molar-refractivity contribution in [2.24, 2.45) is 0 Å². The van der Waals surface area contributed by atoms with Crippen LogP contribution in [0.2, 0.25) is 0 Å². The molecule has 134 valence electrons. The zero-order valence-corrected chi connectivity index (χ0v) is 15.0. The number of rotatable bonds is 4. The smallest absolute Gasteiger partial charge is 0.274 e.